The fourth-order valence-electron chi connectivity index (χ4n) is 3.09. The van der Waals surface area contributed by atoms with Crippen LogP contribution in [0.1, 0.15) is 24.8 Å². The van der Waals surface area contributed by atoms with Gasteiger partial charge in [0, 0.05) is 44.6 Å². The maximum atomic E-state index is 12.1. The molecule has 0 aliphatic carbocycles. The van der Waals surface area contributed by atoms with Crippen LogP contribution in [0.25, 0.3) is 0 Å². The number of nitrogens with one attached hydrogen (secondary N) is 1. The van der Waals surface area contributed by atoms with E-state index < -0.39 is 0 Å². The van der Waals surface area contributed by atoms with Crippen molar-refractivity contribution in [1.29, 1.82) is 0 Å². The zero-order valence-electron chi connectivity index (χ0n) is 13.1. The van der Waals surface area contributed by atoms with Crippen molar-refractivity contribution < 1.29 is 14.3 Å². The first-order valence-electron chi connectivity index (χ1n) is 8.03. The largest absolute Gasteiger partial charge is 0.347 e. The molecule has 0 bridgehead atoms. The molecule has 0 saturated carbocycles. The summed E-state index contributed by atoms with van der Waals surface area (Å²) < 4.78 is 11.4. The third kappa shape index (κ3) is 3.66. The van der Waals surface area contributed by atoms with E-state index >= 15 is 0 Å². The predicted octanol–water partition coefficient (Wildman–Crippen LogP) is 2.16. The SMILES string of the molecule is Cc1ccccc1NC(=O)CCN1CCC2(CC1)OCCO2. The molecule has 1 aromatic rings. The van der Waals surface area contributed by atoms with Gasteiger partial charge in [-0.15, -0.1) is 0 Å². The Morgan fingerprint density at radius 3 is 2.59 bits per heavy atom. The van der Waals surface area contributed by atoms with E-state index in [1.165, 1.54) is 0 Å². The zero-order valence-corrected chi connectivity index (χ0v) is 13.1. The third-order valence-electron chi connectivity index (χ3n) is 4.51. The van der Waals surface area contributed by atoms with Crippen molar-refractivity contribution in [2.75, 3.05) is 38.2 Å². The summed E-state index contributed by atoms with van der Waals surface area (Å²) in [6.45, 7) is 6.06. The van der Waals surface area contributed by atoms with Gasteiger partial charge in [0.15, 0.2) is 5.79 Å². The highest BCUT2D eigenvalue weighted by Crippen LogP contribution is 2.31. The third-order valence-corrected chi connectivity index (χ3v) is 4.51. The van der Waals surface area contributed by atoms with E-state index in [0.717, 1.165) is 43.7 Å². The molecule has 1 spiro atoms. The van der Waals surface area contributed by atoms with Crippen molar-refractivity contribution in [3.8, 4) is 0 Å². The van der Waals surface area contributed by atoms with Crippen LogP contribution in [0.2, 0.25) is 0 Å². The van der Waals surface area contributed by atoms with Crippen LogP contribution in [-0.4, -0.2) is 49.4 Å². The Morgan fingerprint density at radius 1 is 1.23 bits per heavy atom. The molecule has 2 saturated heterocycles. The van der Waals surface area contributed by atoms with Gasteiger partial charge < -0.3 is 19.7 Å². The van der Waals surface area contributed by atoms with Crippen LogP contribution in [-0.2, 0) is 14.3 Å². The van der Waals surface area contributed by atoms with Crippen LogP contribution in [0, 0.1) is 6.92 Å². The normalized spacial score (nSPS) is 21.1. The summed E-state index contributed by atoms with van der Waals surface area (Å²) in [5.41, 5.74) is 1.99. The van der Waals surface area contributed by atoms with E-state index in [1.807, 2.05) is 31.2 Å². The molecular formula is C17H24N2O3. The highest BCUT2D eigenvalue weighted by molar-refractivity contribution is 5.91. The van der Waals surface area contributed by atoms with Gasteiger partial charge in [0.2, 0.25) is 5.91 Å². The maximum absolute atomic E-state index is 12.1. The van der Waals surface area contributed by atoms with E-state index in [-0.39, 0.29) is 11.7 Å². The van der Waals surface area contributed by atoms with Crippen LogP contribution in [0.5, 0.6) is 0 Å². The molecule has 22 heavy (non-hydrogen) atoms. The first-order valence-corrected chi connectivity index (χ1v) is 8.03. The average Bonchev–Trinajstić information content (AvgIpc) is 2.97. The van der Waals surface area contributed by atoms with Crippen LogP contribution < -0.4 is 5.32 Å². The fraction of sp³-hybridized carbons (Fsp3) is 0.588. The molecule has 0 unspecified atom stereocenters. The van der Waals surface area contributed by atoms with E-state index in [1.54, 1.807) is 0 Å². The van der Waals surface area contributed by atoms with Crippen molar-refractivity contribution in [3.05, 3.63) is 29.8 Å². The topological polar surface area (TPSA) is 50.8 Å². The lowest BCUT2D eigenvalue weighted by molar-refractivity contribution is -0.185. The van der Waals surface area contributed by atoms with Gasteiger partial charge in [-0.2, -0.15) is 0 Å². The lowest BCUT2D eigenvalue weighted by atomic mass is 10.0. The standard InChI is InChI=1S/C17H24N2O3/c1-14-4-2-3-5-15(14)18-16(20)6-9-19-10-7-17(8-11-19)21-12-13-22-17/h2-5H,6-13H2,1H3,(H,18,20). The molecule has 1 amide bonds. The molecule has 0 radical (unpaired) electrons. The van der Waals surface area contributed by atoms with Gasteiger partial charge in [-0.3, -0.25) is 4.79 Å². The minimum Gasteiger partial charge on any atom is -0.347 e. The summed E-state index contributed by atoms with van der Waals surface area (Å²) >= 11 is 0. The monoisotopic (exact) mass is 304 g/mol. The summed E-state index contributed by atoms with van der Waals surface area (Å²) in [4.78, 5) is 14.4. The fourth-order valence-corrected chi connectivity index (χ4v) is 3.09. The number of para-hydroxylation sites is 1. The summed E-state index contributed by atoms with van der Waals surface area (Å²) in [5.74, 6) is -0.261. The van der Waals surface area contributed by atoms with E-state index in [9.17, 15) is 4.79 Å². The highest BCUT2D eigenvalue weighted by atomic mass is 16.7. The lowest BCUT2D eigenvalue weighted by Gasteiger charge is -2.37. The van der Waals surface area contributed by atoms with Crippen LogP contribution in [0.15, 0.2) is 24.3 Å². The highest BCUT2D eigenvalue weighted by Gasteiger charge is 2.39. The van der Waals surface area contributed by atoms with Crippen molar-refractivity contribution >= 4 is 11.6 Å². The van der Waals surface area contributed by atoms with Crippen molar-refractivity contribution in [1.82, 2.24) is 4.90 Å². The van der Waals surface area contributed by atoms with E-state index in [0.29, 0.717) is 19.6 Å². The van der Waals surface area contributed by atoms with Gasteiger partial charge in [-0.05, 0) is 18.6 Å². The Morgan fingerprint density at radius 2 is 1.91 bits per heavy atom. The molecule has 5 nitrogen and oxygen atoms in total. The summed E-state index contributed by atoms with van der Waals surface area (Å²) in [6, 6.07) is 7.85. The molecule has 5 heteroatoms. The summed E-state index contributed by atoms with van der Waals surface area (Å²) in [5, 5.41) is 2.98. The minimum absolute atomic E-state index is 0.0722. The number of piperidine rings is 1. The van der Waals surface area contributed by atoms with Gasteiger partial charge in [-0.1, -0.05) is 18.2 Å². The molecule has 0 aromatic heterocycles. The van der Waals surface area contributed by atoms with E-state index in [2.05, 4.69) is 10.2 Å². The smallest absolute Gasteiger partial charge is 0.225 e. The zero-order chi connectivity index (χ0) is 15.4. The molecule has 120 valence electrons. The minimum atomic E-state index is -0.333. The first-order chi connectivity index (χ1) is 10.7. The average molecular weight is 304 g/mol. The number of ether oxygens (including phenoxy) is 2. The van der Waals surface area contributed by atoms with Crippen molar-refractivity contribution in [2.24, 2.45) is 0 Å². The molecule has 2 heterocycles. The van der Waals surface area contributed by atoms with Crippen LogP contribution >= 0.6 is 0 Å². The number of aryl methyl sites for hydroxylation is 1. The number of carbonyl (C=O) groups excluding carboxylic acids is 1. The van der Waals surface area contributed by atoms with Crippen LogP contribution in [0.3, 0.4) is 0 Å². The Hall–Kier alpha value is -1.43. The quantitative estimate of drug-likeness (QED) is 0.926. The molecule has 1 aromatic carbocycles. The maximum Gasteiger partial charge on any atom is 0.225 e. The molecule has 2 fully saturated rings. The predicted molar refractivity (Wildman–Crippen MR) is 84.7 cm³/mol. The second kappa shape index (κ2) is 6.77. The van der Waals surface area contributed by atoms with Gasteiger partial charge in [0.05, 0.1) is 13.2 Å². The van der Waals surface area contributed by atoms with Gasteiger partial charge in [0.25, 0.3) is 0 Å². The molecule has 0 atom stereocenters. The number of rotatable bonds is 4. The number of nitrogens with zero attached hydrogens (tertiary/aromatic N) is 1. The van der Waals surface area contributed by atoms with Gasteiger partial charge in [-0.25, -0.2) is 0 Å². The Balaban J connectivity index is 1.41. The van der Waals surface area contributed by atoms with E-state index in [4.69, 9.17) is 9.47 Å². The molecular weight excluding hydrogens is 280 g/mol. The number of anilines is 1. The number of hydrogen-bond acceptors (Lipinski definition) is 4. The molecule has 1 N–H and O–H groups in total. The number of benzene rings is 1. The van der Waals surface area contributed by atoms with Crippen LogP contribution in [0.4, 0.5) is 5.69 Å². The molecule has 3 rings (SSSR count). The number of amides is 1. The van der Waals surface area contributed by atoms with Gasteiger partial charge in [0.1, 0.15) is 0 Å². The Labute approximate surface area is 131 Å². The molecule has 2 aliphatic heterocycles. The van der Waals surface area contributed by atoms with Gasteiger partial charge >= 0.3 is 0 Å². The van der Waals surface area contributed by atoms with Crippen molar-refractivity contribution in [3.63, 3.8) is 0 Å². The number of likely N-dealkylation sites (tertiary alicyclic amines) is 1. The summed E-state index contributed by atoms with van der Waals surface area (Å²) in [6.07, 6.45) is 2.31. The molecule has 2 aliphatic rings. The number of carbonyl (C=O) groups is 1. The second-order valence-electron chi connectivity index (χ2n) is 6.06. The first kappa shape index (κ1) is 15.5. The lowest BCUT2D eigenvalue weighted by Crippen LogP contribution is -2.45. The Kier molecular flexibility index (Phi) is 4.76. The Bertz CT molecular complexity index is 516. The summed E-state index contributed by atoms with van der Waals surface area (Å²) in [7, 11) is 0. The second-order valence-corrected chi connectivity index (χ2v) is 6.06. The number of hydrogen-bond donors (Lipinski definition) is 1. The van der Waals surface area contributed by atoms with Crippen molar-refractivity contribution in [2.45, 2.75) is 32.0 Å².